The molecule has 1 atom stereocenters. The monoisotopic (exact) mass is 351 g/mol. The first-order chi connectivity index (χ1) is 12.4. The van der Waals surface area contributed by atoms with Gasteiger partial charge in [-0.3, -0.25) is 9.48 Å². The second-order valence-electron chi connectivity index (χ2n) is 7.44. The van der Waals surface area contributed by atoms with Crippen LogP contribution in [0.25, 0.3) is 11.0 Å². The Hall–Kier alpha value is -2.63. The zero-order valence-electron chi connectivity index (χ0n) is 15.8. The second kappa shape index (κ2) is 6.27. The number of carbonyl (C=O) groups is 1. The van der Waals surface area contributed by atoms with E-state index in [9.17, 15) is 4.79 Å². The molecule has 1 aliphatic carbocycles. The first kappa shape index (κ1) is 16.8. The number of nitrogens with one attached hydrogen (secondary N) is 1. The lowest BCUT2D eigenvalue weighted by Gasteiger charge is -2.14. The van der Waals surface area contributed by atoms with E-state index >= 15 is 0 Å². The van der Waals surface area contributed by atoms with E-state index < -0.39 is 0 Å². The predicted octanol–water partition coefficient (Wildman–Crippen LogP) is 3.08. The van der Waals surface area contributed by atoms with E-state index in [4.69, 9.17) is 0 Å². The summed E-state index contributed by atoms with van der Waals surface area (Å²) in [6, 6.07) is 6.41. The number of carbonyl (C=O) groups excluding carboxylic acids is 1. The van der Waals surface area contributed by atoms with Gasteiger partial charge in [-0.05, 0) is 63.8 Å². The molecule has 1 unspecified atom stereocenters. The van der Waals surface area contributed by atoms with Crippen LogP contribution in [0.1, 0.15) is 53.1 Å². The van der Waals surface area contributed by atoms with Crippen LogP contribution in [-0.4, -0.2) is 31.3 Å². The average molecular weight is 351 g/mol. The first-order valence-electron chi connectivity index (χ1n) is 9.20. The first-order valence-corrected chi connectivity index (χ1v) is 9.20. The minimum absolute atomic E-state index is 0.0313. The third-order valence-corrected chi connectivity index (χ3v) is 5.32. The smallest absolute Gasteiger partial charge is 0.251 e. The zero-order chi connectivity index (χ0) is 18.4. The van der Waals surface area contributed by atoms with Crippen LogP contribution >= 0.6 is 0 Å². The number of hydrogen-bond acceptors (Lipinski definition) is 3. The van der Waals surface area contributed by atoms with Gasteiger partial charge >= 0.3 is 0 Å². The number of fused-ring (bicyclic) bond motifs is 1. The van der Waals surface area contributed by atoms with Crippen molar-refractivity contribution in [2.24, 2.45) is 7.05 Å². The summed E-state index contributed by atoms with van der Waals surface area (Å²) in [4.78, 5) is 17.1. The number of benzene rings is 1. The molecule has 1 amide bonds. The Labute approximate surface area is 153 Å². The Morgan fingerprint density at radius 1 is 1.35 bits per heavy atom. The number of rotatable bonds is 5. The van der Waals surface area contributed by atoms with Gasteiger partial charge in [0, 0.05) is 30.4 Å². The van der Waals surface area contributed by atoms with Gasteiger partial charge in [0.1, 0.15) is 0 Å². The summed E-state index contributed by atoms with van der Waals surface area (Å²) in [6.45, 7) is 6.11. The molecule has 0 bridgehead atoms. The fourth-order valence-corrected chi connectivity index (χ4v) is 3.59. The van der Waals surface area contributed by atoms with E-state index in [0.29, 0.717) is 11.6 Å². The Bertz CT molecular complexity index is 980. The molecule has 2 aromatic heterocycles. The van der Waals surface area contributed by atoms with E-state index in [-0.39, 0.29) is 11.9 Å². The van der Waals surface area contributed by atoms with Crippen LogP contribution in [0.4, 0.5) is 0 Å². The third kappa shape index (κ3) is 3.00. The van der Waals surface area contributed by atoms with Crippen molar-refractivity contribution in [1.82, 2.24) is 24.6 Å². The number of aryl methyl sites for hydroxylation is 2. The van der Waals surface area contributed by atoms with Crippen LogP contribution in [0, 0.1) is 13.8 Å². The lowest BCUT2D eigenvalue weighted by Crippen LogP contribution is -2.34. The standard InChI is InChI=1S/C20H25N5O/c1-12(9-17-13(2)23-24(4)14(17)3)22-20(26)15-5-8-19-18(10-15)21-11-25(19)16-6-7-16/h5,8,10-12,16H,6-7,9H2,1-4H3,(H,22,26). The summed E-state index contributed by atoms with van der Waals surface area (Å²) in [7, 11) is 1.95. The van der Waals surface area contributed by atoms with E-state index in [0.717, 1.165) is 28.8 Å². The van der Waals surface area contributed by atoms with Gasteiger partial charge in [-0.15, -0.1) is 0 Å². The normalized spacial score (nSPS) is 15.4. The largest absolute Gasteiger partial charge is 0.349 e. The number of amides is 1. The van der Waals surface area contributed by atoms with Gasteiger partial charge in [-0.25, -0.2) is 4.98 Å². The van der Waals surface area contributed by atoms with Gasteiger partial charge in [0.2, 0.25) is 0 Å². The van der Waals surface area contributed by atoms with E-state index in [1.807, 2.05) is 50.1 Å². The molecule has 6 heteroatoms. The maximum atomic E-state index is 12.7. The van der Waals surface area contributed by atoms with Crippen LogP contribution < -0.4 is 5.32 Å². The van der Waals surface area contributed by atoms with Gasteiger partial charge < -0.3 is 9.88 Å². The van der Waals surface area contributed by atoms with Crippen LogP contribution in [0.15, 0.2) is 24.5 Å². The predicted molar refractivity (Wildman–Crippen MR) is 101 cm³/mol. The highest BCUT2D eigenvalue weighted by atomic mass is 16.1. The van der Waals surface area contributed by atoms with Crippen LogP contribution in [0.5, 0.6) is 0 Å². The fourth-order valence-electron chi connectivity index (χ4n) is 3.59. The molecule has 1 saturated carbocycles. The summed E-state index contributed by atoms with van der Waals surface area (Å²) in [5.74, 6) is -0.0560. The Morgan fingerprint density at radius 2 is 2.12 bits per heavy atom. The number of aromatic nitrogens is 4. The molecule has 1 aromatic carbocycles. The summed E-state index contributed by atoms with van der Waals surface area (Å²) in [6.07, 6.45) is 5.10. The molecule has 0 saturated heterocycles. The molecule has 26 heavy (non-hydrogen) atoms. The van der Waals surface area contributed by atoms with E-state index in [2.05, 4.69) is 26.9 Å². The van der Waals surface area contributed by atoms with Crippen LogP contribution in [0.3, 0.4) is 0 Å². The lowest BCUT2D eigenvalue weighted by atomic mass is 10.0. The van der Waals surface area contributed by atoms with Crippen molar-refractivity contribution in [3.63, 3.8) is 0 Å². The van der Waals surface area contributed by atoms with Crippen molar-refractivity contribution in [1.29, 1.82) is 0 Å². The topological polar surface area (TPSA) is 64.7 Å². The number of imidazole rings is 1. The highest BCUT2D eigenvalue weighted by Gasteiger charge is 2.25. The maximum absolute atomic E-state index is 12.7. The molecule has 1 fully saturated rings. The Morgan fingerprint density at radius 3 is 2.77 bits per heavy atom. The second-order valence-corrected chi connectivity index (χ2v) is 7.44. The van der Waals surface area contributed by atoms with Crippen molar-refractivity contribution < 1.29 is 4.79 Å². The molecular formula is C20H25N5O. The van der Waals surface area contributed by atoms with E-state index in [1.54, 1.807) is 0 Å². The Balaban J connectivity index is 1.48. The van der Waals surface area contributed by atoms with Gasteiger partial charge in [0.15, 0.2) is 0 Å². The number of hydrogen-bond donors (Lipinski definition) is 1. The quantitative estimate of drug-likeness (QED) is 0.768. The minimum Gasteiger partial charge on any atom is -0.349 e. The molecular weight excluding hydrogens is 326 g/mol. The summed E-state index contributed by atoms with van der Waals surface area (Å²) in [5.41, 5.74) is 6.03. The third-order valence-electron chi connectivity index (χ3n) is 5.32. The molecule has 1 N–H and O–H groups in total. The molecule has 1 aliphatic rings. The molecule has 2 heterocycles. The minimum atomic E-state index is -0.0560. The SMILES string of the molecule is Cc1nn(C)c(C)c1CC(C)NC(=O)c1ccc2c(c1)ncn2C1CC1. The maximum Gasteiger partial charge on any atom is 0.251 e. The molecule has 136 valence electrons. The van der Waals surface area contributed by atoms with Crippen molar-refractivity contribution in [2.75, 3.05) is 0 Å². The summed E-state index contributed by atoms with van der Waals surface area (Å²) >= 11 is 0. The van der Waals surface area contributed by atoms with Crippen molar-refractivity contribution in [3.05, 3.63) is 47.0 Å². The lowest BCUT2D eigenvalue weighted by molar-refractivity contribution is 0.0940. The molecule has 4 rings (SSSR count). The molecule has 0 spiro atoms. The fraction of sp³-hybridized carbons (Fsp3) is 0.450. The Kier molecular flexibility index (Phi) is 4.05. The van der Waals surface area contributed by atoms with Gasteiger partial charge in [-0.1, -0.05) is 0 Å². The van der Waals surface area contributed by atoms with Gasteiger partial charge in [0.25, 0.3) is 5.91 Å². The summed E-state index contributed by atoms with van der Waals surface area (Å²) < 4.78 is 4.11. The highest BCUT2D eigenvalue weighted by Crippen LogP contribution is 2.37. The molecule has 0 radical (unpaired) electrons. The number of nitrogens with zero attached hydrogens (tertiary/aromatic N) is 4. The van der Waals surface area contributed by atoms with Crippen LogP contribution in [-0.2, 0) is 13.5 Å². The molecule has 6 nitrogen and oxygen atoms in total. The average Bonchev–Trinajstić information content (AvgIpc) is 3.32. The van der Waals surface area contributed by atoms with Crippen molar-refractivity contribution in [2.45, 2.75) is 52.1 Å². The van der Waals surface area contributed by atoms with Crippen LogP contribution in [0.2, 0.25) is 0 Å². The van der Waals surface area contributed by atoms with Crippen molar-refractivity contribution >= 4 is 16.9 Å². The zero-order valence-corrected chi connectivity index (χ0v) is 15.8. The van der Waals surface area contributed by atoms with Crippen molar-refractivity contribution in [3.8, 4) is 0 Å². The molecule has 0 aliphatic heterocycles. The summed E-state index contributed by atoms with van der Waals surface area (Å²) in [5, 5.41) is 7.55. The molecule has 3 aromatic rings. The van der Waals surface area contributed by atoms with Gasteiger partial charge in [-0.2, -0.15) is 5.10 Å². The highest BCUT2D eigenvalue weighted by molar-refractivity contribution is 5.97. The van der Waals surface area contributed by atoms with E-state index in [1.165, 1.54) is 18.4 Å². The van der Waals surface area contributed by atoms with Gasteiger partial charge in [0.05, 0.1) is 23.1 Å².